The van der Waals surface area contributed by atoms with E-state index in [0.29, 0.717) is 6.42 Å². The predicted molar refractivity (Wildman–Crippen MR) is 98.5 cm³/mol. The molecule has 4 N–H and O–H groups in total. The van der Waals surface area contributed by atoms with Gasteiger partial charge in [-0.15, -0.1) is 0 Å². The van der Waals surface area contributed by atoms with Gasteiger partial charge in [0.2, 0.25) is 0 Å². The molecule has 146 valence electrons. The molecule has 5 nitrogen and oxygen atoms in total. The van der Waals surface area contributed by atoms with Gasteiger partial charge in [-0.05, 0) is 37.0 Å². The Morgan fingerprint density at radius 1 is 1.04 bits per heavy atom. The summed E-state index contributed by atoms with van der Waals surface area (Å²) < 4.78 is 26.4. The number of rotatable bonds is 8. The molecule has 1 amide bonds. The summed E-state index contributed by atoms with van der Waals surface area (Å²) in [7, 11) is 0. The number of hydrogen-bond donors (Lipinski definition) is 4. The Bertz CT molecular complexity index is 752. The minimum atomic E-state index is -3.18. The molecule has 2 aromatic carbocycles. The van der Waals surface area contributed by atoms with Crippen molar-refractivity contribution in [2.24, 2.45) is 0 Å². The summed E-state index contributed by atoms with van der Waals surface area (Å²) in [6.07, 6.45) is -2.74. The van der Waals surface area contributed by atoms with Gasteiger partial charge in [0.05, 0.1) is 0 Å². The highest BCUT2D eigenvalue weighted by Gasteiger charge is 2.54. The molecule has 0 bridgehead atoms. The maximum Gasteiger partial charge on any atom is 0.268 e. The van der Waals surface area contributed by atoms with Crippen LogP contribution in [0.25, 0.3) is 11.1 Å². The fourth-order valence-corrected chi connectivity index (χ4v) is 2.77. The fraction of sp³-hybridized carbons (Fsp3) is 0.350. The number of hydrogen-bond acceptors (Lipinski definition) is 4. The zero-order valence-corrected chi connectivity index (χ0v) is 15.2. The number of nitrogens with one attached hydrogen (secondary N) is 2. The number of carbonyl (C=O) groups excluding carboxylic acids is 1. The summed E-state index contributed by atoms with van der Waals surface area (Å²) in [6.45, 7) is 2.13. The Balaban J connectivity index is 2.05. The van der Waals surface area contributed by atoms with Crippen molar-refractivity contribution in [3.63, 3.8) is 0 Å². The number of carbonyl (C=O) groups is 1. The third kappa shape index (κ3) is 4.50. The quantitative estimate of drug-likeness (QED) is 0.421. The van der Waals surface area contributed by atoms with E-state index in [1.165, 1.54) is 5.48 Å². The minimum absolute atomic E-state index is 0.150. The first-order chi connectivity index (χ1) is 12.7. The van der Waals surface area contributed by atoms with Crippen LogP contribution in [0.15, 0.2) is 54.6 Å². The molecule has 0 radical (unpaired) electrons. The van der Waals surface area contributed by atoms with Crippen LogP contribution in [0.2, 0.25) is 0 Å². The Labute approximate surface area is 157 Å². The van der Waals surface area contributed by atoms with Crippen LogP contribution in [0.1, 0.15) is 19.4 Å². The SMILES string of the molecule is CC(NCCc1ccc(-c2ccccc2)cc1)(C(=O)NO)C(C)(O)C(F)F. The van der Waals surface area contributed by atoms with Gasteiger partial charge in [-0.2, -0.15) is 0 Å². The molecular weight excluding hydrogens is 354 g/mol. The summed E-state index contributed by atoms with van der Waals surface area (Å²) in [6, 6.07) is 17.6. The van der Waals surface area contributed by atoms with Gasteiger partial charge in [-0.3, -0.25) is 10.0 Å². The Kier molecular flexibility index (Phi) is 6.64. The summed E-state index contributed by atoms with van der Waals surface area (Å²) in [5.41, 5.74) is -0.319. The van der Waals surface area contributed by atoms with E-state index in [1.54, 1.807) is 0 Å². The van der Waals surface area contributed by atoms with Gasteiger partial charge < -0.3 is 10.4 Å². The molecule has 0 heterocycles. The van der Waals surface area contributed by atoms with Crippen molar-refractivity contribution in [2.75, 3.05) is 6.54 Å². The largest absolute Gasteiger partial charge is 0.382 e. The second-order valence-corrected chi connectivity index (χ2v) is 6.75. The van der Waals surface area contributed by atoms with Crippen LogP contribution in [0, 0.1) is 0 Å². The number of hydroxylamine groups is 1. The highest BCUT2D eigenvalue weighted by Crippen LogP contribution is 2.29. The van der Waals surface area contributed by atoms with Gasteiger partial charge in [0.15, 0.2) is 0 Å². The van der Waals surface area contributed by atoms with Gasteiger partial charge in [0.25, 0.3) is 12.3 Å². The Morgan fingerprint density at radius 3 is 2.11 bits per heavy atom. The molecule has 0 fully saturated rings. The summed E-state index contributed by atoms with van der Waals surface area (Å²) >= 11 is 0. The molecule has 2 atom stereocenters. The number of alkyl halides is 2. The fourth-order valence-electron chi connectivity index (χ4n) is 2.77. The number of aliphatic hydroxyl groups is 1. The normalized spacial score (nSPS) is 15.8. The van der Waals surface area contributed by atoms with Crippen molar-refractivity contribution < 1.29 is 23.9 Å². The van der Waals surface area contributed by atoms with Crippen LogP contribution in [0.3, 0.4) is 0 Å². The molecule has 0 aliphatic carbocycles. The Hall–Kier alpha value is -2.35. The first kappa shape index (κ1) is 21.0. The van der Waals surface area contributed by atoms with E-state index in [9.17, 15) is 18.7 Å². The third-order valence-electron chi connectivity index (χ3n) is 4.95. The molecule has 2 unspecified atom stereocenters. The maximum absolute atomic E-state index is 13.2. The van der Waals surface area contributed by atoms with E-state index in [2.05, 4.69) is 5.32 Å². The van der Waals surface area contributed by atoms with Crippen molar-refractivity contribution in [3.8, 4) is 11.1 Å². The van der Waals surface area contributed by atoms with Gasteiger partial charge in [0, 0.05) is 6.54 Å². The van der Waals surface area contributed by atoms with E-state index in [4.69, 9.17) is 5.21 Å². The van der Waals surface area contributed by atoms with E-state index in [0.717, 1.165) is 30.5 Å². The lowest BCUT2D eigenvalue weighted by Crippen LogP contribution is -2.70. The van der Waals surface area contributed by atoms with E-state index < -0.39 is 23.5 Å². The van der Waals surface area contributed by atoms with Gasteiger partial charge in [-0.25, -0.2) is 14.3 Å². The van der Waals surface area contributed by atoms with Crippen molar-refractivity contribution in [1.82, 2.24) is 10.8 Å². The molecule has 0 saturated carbocycles. The van der Waals surface area contributed by atoms with Gasteiger partial charge in [-0.1, -0.05) is 54.6 Å². The van der Waals surface area contributed by atoms with Crippen LogP contribution >= 0.6 is 0 Å². The third-order valence-corrected chi connectivity index (χ3v) is 4.95. The molecule has 0 aliphatic rings. The highest BCUT2D eigenvalue weighted by atomic mass is 19.3. The van der Waals surface area contributed by atoms with Crippen LogP contribution in [-0.2, 0) is 11.2 Å². The minimum Gasteiger partial charge on any atom is -0.382 e. The van der Waals surface area contributed by atoms with Gasteiger partial charge in [0.1, 0.15) is 11.1 Å². The lowest BCUT2D eigenvalue weighted by atomic mass is 9.81. The van der Waals surface area contributed by atoms with Crippen molar-refractivity contribution in [1.29, 1.82) is 0 Å². The zero-order valence-electron chi connectivity index (χ0n) is 15.2. The number of amides is 1. The molecule has 2 aromatic rings. The van der Waals surface area contributed by atoms with Gasteiger partial charge >= 0.3 is 0 Å². The van der Waals surface area contributed by atoms with E-state index in [-0.39, 0.29) is 6.54 Å². The Morgan fingerprint density at radius 2 is 1.59 bits per heavy atom. The summed E-state index contributed by atoms with van der Waals surface area (Å²) in [5.74, 6) is -1.13. The van der Waals surface area contributed by atoms with Crippen molar-refractivity contribution in [2.45, 2.75) is 37.8 Å². The first-order valence-electron chi connectivity index (χ1n) is 8.57. The van der Waals surface area contributed by atoms with E-state index in [1.807, 2.05) is 54.6 Å². The van der Waals surface area contributed by atoms with Crippen LogP contribution in [0.5, 0.6) is 0 Å². The molecule has 0 spiro atoms. The average molecular weight is 378 g/mol. The van der Waals surface area contributed by atoms with Crippen molar-refractivity contribution in [3.05, 3.63) is 60.2 Å². The number of halogens is 2. The van der Waals surface area contributed by atoms with E-state index >= 15 is 0 Å². The molecule has 0 aliphatic heterocycles. The number of benzene rings is 2. The second-order valence-electron chi connectivity index (χ2n) is 6.75. The molecule has 2 rings (SSSR count). The van der Waals surface area contributed by atoms with Crippen LogP contribution < -0.4 is 10.8 Å². The van der Waals surface area contributed by atoms with Crippen molar-refractivity contribution >= 4 is 5.91 Å². The van der Waals surface area contributed by atoms with Crippen LogP contribution in [0.4, 0.5) is 8.78 Å². The standard InChI is InChI=1S/C20H24F2N2O3/c1-19(18(25)24-27,20(2,26)17(21)22)23-13-12-14-8-10-16(11-9-14)15-6-4-3-5-7-15/h3-11,17,23,26-27H,12-13H2,1-2H3,(H,24,25). The highest BCUT2D eigenvalue weighted by molar-refractivity contribution is 5.86. The molecule has 27 heavy (non-hydrogen) atoms. The predicted octanol–water partition coefficient (Wildman–Crippen LogP) is 2.77. The summed E-state index contributed by atoms with van der Waals surface area (Å²) in [5, 5.41) is 21.6. The molecule has 7 heteroatoms. The molecule has 0 saturated heterocycles. The molecule has 0 aromatic heterocycles. The zero-order chi connectivity index (χ0) is 20.1. The smallest absolute Gasteiger partial charge is 0.268 e. The molecular formula is C20H24F2N2O3. The average Bonchev–Trinajstić information content (AvgIpc) is 2.68. The lowest BCUT2D eigenvalue weighted by molar-refractivity contribution is -0.167. The van der Waals surface area contributed by atoms with Crippen LogP contribution in [-0.4, -0.2) is 40.3 Å². The summed E-state index contributed by atoms with van der Waals surface area (Å²) in [4.78, 5) is 11.9. The monoisotopic (exact) mass is 378 g/mol. The second kappa shape index (κ2) is 8.56. The lowest BCUT2D eigenvalue weighted by Gasteiger charge is -2.40. The maximum atomic E-state index is 13.2. The topological polar surface area (TPSA) is 81.6 Å². The first-order valence-corrected chi connectivity index (χ1v) is 8.57.